The minimum Gasteiger partial charge on any atom is -0.399 e. The largest absolute Gasteiger partial charge is 0.399 e. The highest BCUT2D eigenvalue weighted by atomic mass is 32.1. The zero-order chi connectivity index (χ0) is 13.8. The van der Waals surface area contributed by atoms with E-state index in [1.165, 1.54) is 0 Å². The average molecular weight is 274 g/mol. The molecule has 2 aromatic rings. The molecule has 0 aliphatic rings. The molecule has 0 radical (unpaired) electrons. The molecule has 0 aliphatic carbocycles. The van der Waals surface area contributed by atoms with Crippen LogP contribution in [0.4, 0.5) is 5.69 Å². The maximum atomic E-state index is 12.3. The van der Waals surface area contributed by atoms with E-state index in [1.807, 2.05) is 41.8 Å². The third-order valence-electron chi connectivity index (χ3n) is 3.02. The summed E-state index contributed by atoms with van der Waals surface area (Å²) in [5.74, 6) is 0.00155. The van der Waals surface area contributed by atoms with Gasteiger partial charge in [0.2, 0.25) is 5.91 Å². The Bertz CT molecular complexity index is 549. The lowest BCUT2D eigenvalue weighted by atomic mass is 9.96. The van der Waals surface area contributed by atoms with Gasteiger partial charge in [0.25, 0.3) is 0 Å². The molecule has 2 rings (SSSR count). The summed E-state index contributed by atoms with van der Waals surface area (Å²) in [5.41, 5.74) is 7.62. The Kier molecular flexibility index (Phi) is 4.22. The fourth-order valence-corrected chi connectivity index (χ4v) is 2.89. The van der Waals surface area contributed by atoms with E-state index in [-0.39, 0.29) is 11.8 Å². The summed E-state index contributed by atoms with van der Waals surface area (Å²) in [4.78, 5) is 15.1. The van der Waals surface area contributed by atoms with Gasteiger partial charge in [0, 0.05) is 24.7 Å². The van der Waals surface area contributed by atoms with Crippen molar-refractivity contribution in [3.05, 3.63) is 52.2 Å². The lowest BCUT2D eigenvalue weighted by molar-refractivity contribution is -0.130. The van der Waals surface area contributed by atoms with Crippen LogP contribution in [0.3, 0.4) is 0 Å². The number of anilines is 1. The monoisotopic (exact) mass is 274 g/mol. The van der Waals surface area contributed by atoms with Crippen molar-refractivity contribution >= 4 is 22.9 Å². The summed E-state index contributed by atoms with van der Waals surface area (Å²) in [6, 6.07) is 11.7. The normalized spacial score (nSPS) is 12.1. The van der Waals surface area contributed by atoms with Crippen molar-refractivity contribution in [2.75, 3.05) is 19.8 Å². The van der Waals surface area contributed by atoms with Gasteiger partial charge in [0.15, 0.2) is 0 Å². The molecule has 1 aromatic heterocycles. The van der Waals surface area contributed by atoms with Gasteiger partial charge < -0.3 is 10.6 Å². The summed E-state index contributed by atoms with van der Waals surface area (Å²) in [7, 11) is 3.59. The Hall–Kier alpha value is -1.81. The maximum absolute atomic E-state index is 12.3. The first-order valence-corrected chi connectivity index (χ1v) is 7.05. The van der Waals surface area contributed by atoms with E-state index in [0.717, 1.165) is 16.1 Å². The lowest BCUT2D eigenvalue weighted by Gasteiger charge is -2.19. The van der Waals surface area contributed by atoms with Crippen LogP contribution in [0, 0.1) is 0 Å². The Balaban J connectivity index is 2.26. The number of hydrogen-bond donors (Lipinski definition) is 1. The van der Waals surface area contributed by atoms with Crippen molar-refractivity contribution in [1.29, 1.82) is 0 Å². The van der Waals surface area contributed by atoms with Crippen molar-refractivity contribution in [3.8, 4) is 0 Å². The maximum Gasteiger partial charge on any atom is 0.230 e. The number of thiophene rings is 1. The first-order valence-electron chi connectivity index (χ1n) is 6.17. The third kappa shape index (κ3) is 3.35. The molecular formula is C15H18N2OS. The lowest BCUT2D eigenvalue weighted by Crippen LogP contribution is -2.29. The summed E-state index contributed by atoms with van der Waals surface area (Å²) < 4.78 is 0. The summed E-state index contributed by atoms with van der Waals surface area (Å²) in [6.07, 6.45) is 0.683. The second kappa shape index (κ2) is 5.89. The van der Waals surface area contributed by atoms with E-state index in [1.54, 1.807) is 30.3 Å². The van der Waals surface area contributed by atoms with Crippen LogP contribution in [0.2, 0.25) is 0 Å². The molecule has 1 amide bonds. The van der Waals surface area contributed by atoms with Crippen LogP contribution >= 0.6 is 11.3 Å². The predicted octanol–water partition coefficient (Wildman–Crippen LogP) is 2.74. The zero-order valence-corrected chi connectivity index (χ0v) is 12.0. The molecule has 0 saturated heterocycles. The Morgan fingerprint density at radius 3 is 2.68 bits per heavy atom. The number of carbonyl (C=O) groups excluding carboxylic acids is 1. The van der Waals surface area contributed by atoms with Crippen LogP contribution in [0.1, 0.15) is 16.4 Å². The zero-order valence-electron chi connectivity index (χ0n) is 11.2. The minimum atomic E-state index is -0.128. The first kappa shape index (κ1) is 13.6. The molecule has 0 bridgehead atoms. The Labute approximate surface area is 117 Å². The van der Waals surface area contributed by atoms with Gasteiger partial charge in [-0.3, -0.25) is 4.79 Å². The van der Waals surface area contributed by atoms with Crippen LogP contribution in [0.15, 0.2) is 41.8 Å². The number of benzene rings is 1. The molecule has 0 spiro atoms. The van der Waals surface area contributed by atoms with E-state index in [4.69, 9.17) is 5.73 Å². The fraction of sp³-hybridized carbons (Fsp3) is 0.267. The summed E-state index contributed by atoms with van der Waals surface area (Å²) in [6.45, 7) is 0. The molecule has 0 saturated carbocycles. The van der Waals surface area contributed by atoms with Crippen LogP contribution in [0.5, 0.6) is 0 Å². The van der Waals surface area contributed by atoms with Gasteiger partial charge >= 0.3 is 0 Å². The number of likely N-dealkylation sites (N-methyl/N-ethyl adjacent to an activating group) is 1. The minimum absolute atomic E-state index is 0.128. The van der Waals surface area contributed by atoms with Gasteiger partial charge in [0.1, 0.15) is 0 Å². The highest BCUT2D eigenvalue weighted by molar-refractivity contribution is 7.10. The number of amides is 1. The molecule has 1 heterocycles. The second-order valence-electron chi connectivity index (χ2n) is 4.75. The third-order valence-corrected chi connectivity index (χ3v) is 4.00. The molecule has 100 valence electrons. The smallest absolute Gasteiger partial charge is 0.230 e. The quantitative estimate of drug-likeness (QED) is 0.871. The molecule has 19 heavy (non-hydrogen) atoms. The van der Waals surface area contributed by atoms with E-state index in [0.29, 0.717) is 6.42 Å². The van der Waals surface area contributed by atoms with Gasteiger partial charge in [-0.05, 0) is 35.6 Å². The molecule has 3 nitrogen and oxygen atoms in total. The van der Waals surface area contributed by atoms with Crippen LogP contribution < -0.4 is 5.73 Å². The van der Waals surface area contributed by atoms with Crippen LogP contribution in [-0.2, 0) is 11.2 Å². The second-order valence-corrected chi connectivity index (χ2v) is 5.73. The highest BCUT2D eigenvalue weighted by Crippen LogP contribution is 2.27. The fourth-order valence-electron chi connectivity index (χ4n) is 2.07. The number of hydrogen-bond acceptors (Lipinski definition) is 3. The summed E-state index contributed by atoms with van der Waals surface area (Å²) in [5, 5.41) is 2.00. The van der Waals surface area contributed by atoms with Gasteiger partial charge in [-0.2, -0.15) is 0 Å². The Morgan fingerprint density at radius 1 is 1.32 bits per heavy atom. The molecule has 0 aliphatic heterocycles. The molecule has 4 heteroatoms. The van der Waals surface area contributed by atoms with Gasteiger partial charge in [0.05, 0.1) is 5.92 Å². The molecule has 2 N–H and O–H groups in total. The first-order chi connectivity index (χ1) is 9.08. The summed E-state index contributed by atoms with van der Waals surface area (Å²) >= 11 is 1.62. The van der Waals surface area contributed by atoms with Gasteiger partial charge in [-0.25, -0.2) is 0 Å². The number of nitrogen functional groups attached to an aromatic ring is 1. The van der Waals surface area contributed by atoms with Crippen molar-refractivity contribution in [2.24, 2.45) is 0 Å². The molecule has 1 aromatic carbocycles. The topological polar surface area (TPSA) is 46.3 Å². The number of nitrogens with two attached hydrogens (primary N) is 1. The molecular weight excluding hydrogens is 256 g/mol. The van der Waals surface area contributed by atoms with E-state index >= 15 is 0 Å². The standard InChI is InChI=1S/C15H18N2OS/c1-17(2)15(18)13(14-7-4-8-19-14)10-11-5-3-6-12(16)9-11/h3-9,13H,10,16H2,1-2H3. The van der Waals surface area contributed by atoms with Crippen molar-refractivity contribution in [3.63, 3.8) is 0 Å². The van der Waals surface area contributed by atoms with Gasteiger partial charge in [-0.15, -0.1) is 11.3 Å². The Morgan fingerprint density at radius 2 is 2.11 bits per heavy atom. The number of carbonyl (C=O) groups is 1. The van der Waals surface area contributed by atoms with Crippen molar-refractivity contribution < 1.29 is 4.79 Å². The SMILES string of the molecule is CN(C)C(=O)C(Cc1cccc(N)c1)c1cccs1. The van der Waals surface area contributed by atoms with Gasteiger partial charge in [-0.1, -0.05) is 18.2 Å². The van der Waals surface area contributed by atoms with Crippen molar-refractivity contribution in [1.82, 2.24) is 4.90 Å². The molecule has 0 fully saturated rings. The molecule has 1 unspecified atom stereocenters. The highest BCUT2D eigenvalue weighted by Gasteiger charge is 2.23. The van der Waals surface area contributed by atoms with Crippen molar-refractivity contribution in [2.45, 2.75) is 12.3 Å². The van der Waals surface area contributed by atoms with E-state index in [9.17, 15) is 4.79 Å². The van der Waals surface area contributed by atoms with E-state index in [2.05, 4.69) is 0 Å². The average Bonchev–Trinajstić information content (AvgIpc) is 2.88. The molecule has 1 atom stereocenters. The predicted molar refractivity (Wildman–Crippen MR) is 80.3 cm³/mol. The van der Waals surface area contributed by atoms with E-state index < -0.39 is 0 Å². The number of rotatable bonds is 4. The van der Waals surface area contributed by atoms with Crippen LogP contribution in [0.25, 0.3) is 0 Å². The number of nitrogens with zero attached hydrogens (tertiary/aromatic N) is 1. The van der Waals surface area contributed by atoms with Crippen LogP contribution in [-0.4, -0.2) is 24.9 Å².